The van der Waals surface area contributed by atoms with Crippen LogP contribution < -0.4 is 30.7 Å². The predicted octanol–water partition coefficient (Wildman–Crippen LogP) is 5.18. The first-order valence-electron chi connectivity index (χ1n) is 23.6. The zero-order valence-electron chi connectivity index (χ0n) is 38.7. The van der Waals surface area contributed by atoms with Gasteiger partial charge in [0, 0.05) is 98.7 Å². The van der Waals surface area contributed by atoms with Crippen molar-refractivity contribution in [2.45, 2.75) is 84.4 Å². The van der Waals surface area contributed by atoms with Gasteiger partial charge in [0.25, 0.3) is 17.4 Å². The monoisotopic (exact) mass is 930 g/mol. The average molecular weight is 932 g/mol. The minimum absolute atomic E-state index is 0.0875. The highest BCUT2D eigenvalue weighted by Crippen LogP contribution is 2.55. The highest BCUT2D eigenvalue weighted by atomic mass is 35.5. The molecule has 2 N–H and O–H groups in total. The Kier molecular flexibility index (Phi) is 12.8. The lowest BCUT2D eigenvalue weighted by Gasteiger charge is -2.63. The third-order valence-corrected chi connectivity index (χ3v) is 15.4. The van der Waals surface area contributed by atoms with Crippen LogP contribution >= 0.6 is 11.6 Å². The highest BCUT2D eigenvalue weighted by molar-refractivity contribution is 6.31. The number of carbonyl (C=O) groups excluding carboxylic acids is 4. The fourth-order valence-corrected chi connectivity index (χ4v) is 11.6. The van der Waals surface area contributed by atoms with Crippen LogP contribution in [0.25, 0.3) is 10.9 Å². The van der Waals surface area contributed by atoms with E-state index >= 15 is 0 Å². The molecule has 5 aliphatic rings. The molecule has 4 aromatic rings. The van der Waals surface area contributed by atoms with Crippen molar-refractivity contribution in [3.05, 3.63) is 87.2 Å². The number of imide groups is 1. The van der Waals surface area contributed by atoms with Gasteiger partial charge in [-0.15, -0.1) is 5.10 Å². The Bertz CT molecular complexity index is 2640. The van der Waals surface area contributed by atoms with Crippen molar-refractivity contribution < 1.29 is 23.9 Å². The number of piperazine rings is 1. The number of halogens is 1. The third kappa shape index (κ3) is 9.20. The van der Waals surface area contributed by atoms with Crippen LogP contribution in [0.4, 0.5) is 11.4 Å². The number of fused-ring (bicyclic) bond motifs is 1. The SMILES string of the molecule is CC1(C)[C@H](NC(=O)c2ccc(N3CCN(CCCC4CCN(C(=O)C5CN(c6ccc7nnn(C8CCC(=O)NC8=O)c(=O)c7c6)C5)CC4)CC3)cc2)C(C)(C)[C@H]1Oc1ccc(C#N)c(Cl)c1. The maximum absolute atomic E-state index is 13.5. The Hall–Kier alpha value is -6.05. The highest BCUT2D eigenvalue weighted by Gasteiger charge is 2.64. The van der Waals surface area contributed by atoms with Crippen molar-refractivity contribution in [1.82, 2.24) is 35.4 Å². The molecule has 3 aromatic carbocycles. The molecule has 352 valence electrons. The topological polar surface area (TPSA) is 186 Å². The number of likely N-dealkylation sites (tertiary alicyclic amines) is 1. The summed E-state index contributed by atoms with van der Waals surface area (Å²) in [5, 5.41) is 23.6. The Labute approximate surface area is 395 Å². The molecular weight excluding hydrogens is 872 g/mol. The lowest BCUT2D eigenvalue weighted by atomic mass is 9.49. The Morgan fingerprint density at radius 3 is 2.25 bits per heavy atom. The van der Waals surface area contributed by atoms with Gasteiger partial charge in [-0.3, -0.25) is 34.2 Å². The van der Waals surface area contributed by atoms with Gasteiger partial charge in [-0.25, -0.2) is 0 Å². The quantitative estimate of drug-likeness (QED) is 0.178. The van der Waals surface area contributed by atoms with Crippen molar-refractivity contribution in [3.63, 3.8) is 0 Å². The summed E-state index contributed by atoms with van der Waals surface area (Å²) in [5.74, 6) is 0.313. The molecule has 4 aliphatic heterocycles. The fourth-order valence-electron chi connectivity index (χ4n) is 11.4. The summed E-state index contributed by atoms with van der Waals surface area (Å²) in [6, 6.07) is 19.5. The maximum atomic E-state index is 13.5. The van der Waals surface area contributed by atoms with Crippen molar-refractivity contribution >= 4 is 57.5 Å². The van der Waals surface area contributed by atoms with Crippen LogP contribution in [0.3, 0.4) is 0 Å². The molecule has 1 aliphatic carbocycles. The number of amides is 4. The largest absolute Gasteiger partial charge is 0.489 e. The molecule has 0 radical (unpaired) electrons. The van der Waals surface area contributed by atoms with Gasteiger partial charge in [-0.2, -0.15) is 9.94 Å². The molecule has 1 saturated carbocycles. The molecule has 4 amide bonds. The second-order valence-corrected chi connectivity index (χ2v) is 20.6. The molecule has 1 aromatic heterocycles. The Morgan fingerprint density at radius 2 is 1.58 bits per heavy atom. The van der Waals surface area contributed by atoms with E-state index in [4.69, 9.17) is 16.3 Å². The second-order valence-electron chi connectivity index (χ2n) is 20.2. The summed E-state index contributed by atoms with van der Waals surface area (Å²) in [7, 11) is 0. The number of nitrogens with one attached hydrogen (secondary N) is 2. The van der Waals surface area contributed by atoms with E-state index < -0.39 is 17.5 Å². The van der Waals surface area contributed by atoms with Crippen molar-refractivity contribution in [1.29, 1.82) is 5.26 Å². The summed E-state index contributed by atoms with van der Waals surface area (Å²) in [6.07, 6.45) is 4.50. The molecule has 5 fully saturated rings. The maximum Gasteiger partial charge on any atom is 0.278 e. The number of ether oxygens (including phenoxy) is 1. The van der Waals surface area contributed by atoms with Gasteiger partial charge >= 0.3 is 0 Å². The third-order valence-electron chi connectivity index (χ3n) is 15.1. The average Bonchev–Trinajstić information content (AvgIpc) is 3.30. The summed E-state index contributed by atoms with van der Waals surface area (Å²) < 4.78 is 7.46. The van der Waals surface area contributed by atoms with E-state index in [9.17, 15) is 29.2 Å². The molecule has 4 saturated heterocycles. The first-order valence-corrected chi connectivity index (χ1v) is 24.0. The van der Waals surface area contributed by atoms with E-state index in [-0.39, 0.29) is 59.5 Å². The number of carbonyl (C=O) groups is 4. The van der Waals surface area contributed by atoms with E-state index in [1.54, 1.807) is 30.3 Å². The van der Waals surface area contributed by atoms with Crippen molar-refractivity contribution in [2.75, 3.05) is 68.7 Å². The first kappa shape index (κ1) is 46.1. The van der Waals surface area contributed by atoms with E-state index in [0.29, 0.717) is 51.8 Å². The molecular formula is C50H59ClN10O6. The molecule has 16 nitrogen and oxygen atoms in total. The standard InChI is InChI=1S/C50H59ClN10O6/c1-49(2)47(50(3,4)48(49)67-37-13-9-33(28-52)39(51)27-37)54-43(63)32-7-10-35(11-8-32)58-24-22-57(23-25-58)19-5-6-31-17-20-59(21-18-31)45(65)34-29-60(30-34)36-12-14-40-38(26-36)46(66)61(56-55-40)41-15-16-42(62)53-44(41)64/h7-14,26-27,31,34,41,47-48H,5-6,15-25,29-30H2,1-4H3,(H,54,63)(H,53,62,64)/t41?,47-,48-. The second kappa shape index (κ2) is 18.6. The van der Waals surface area contributed by atoms with Crippen molar-refractivity contribution in [2.24, 2.45) is 22.7 Å². The molecule has 0 spiro atoms. The molecule has 17 heteroatoms. The predicted molar refractivity (Wildman–Crippen MR) is 254 cm³/mol. The zero-order chi connectivity index (χ0) is 47.2. The van der Waals surface area contributed by atoms with Gasteiger partial charge in [0.05, 0.1) is 21.9 Å². The van der Waals surface area contributed by atoms with Crippen LogP contribution in [0.1, 0.15) is 88.2 Å². The van der Waals surface area contributed by atoms with E-state index in [0.717, 1.165) is 87.6 Å². The summed E-state index contributed by atoms with van der Waals surface area (Å²) in [5.41, 5.74) is 2.27. The zero-order valence-corrected chi connectivity index (χ0v) is 39.4. The van der Waals surface area contributed by atoms with Crippen LogP contribution in [0, 0.1) is 34.0 Å². The minimum atomic E-state index is -0.883. The van der Waals surface area contributed by atoms with Crippen LogP contribution in [0.5, 0.6) is 5.75 Å². The minimum Gasteiger partial charge on any atom is -0.489 e. The normalized spacial score (nSPS) is 23.2. The molecule has 0 bridgehead atoms. The lowest BCUT2D eigenvalue weighted by molar-refractivity contribution is -0.164. The van der Waals surface area contributed by atoms with Crippen LogP contribution in [-0.4, -0.2) is 119 Å². The number of nitrogens with zero attached hydrogens (tertiary/aromatic N) is 8. The Balaban J connectivity index is 0.671. The molecule has 1 unspecified atom stereocenters. The summed E-state index contributed by atoms with van der Waals surface area (Å²) in [6.45, 7) is 16.1. The number of aromatic nitrogens is 3. The number of anilines is 2. The van der Waals surface area contributed by atoms with Gasteiger partial charge in [0.2, 0.25) is 11.8 Å². The molecule has 1 atom stereocenters. The van der Waals surface area contributed by atoms with Crippen LogP contribution in [0.15, 0.2) is 65.5 Å². The van der Waals surface area contributed by atoms with Gasteiger partial charge in [-0.05, 0) is 99.2 Å². The van der Waals surface area contributed by atoms with Gasteiger partial charge in [-0.1, -0.05) is 44.5 Å². The molecule has 5 heterocycles. The van der Waals surface area contributed by atoms with Gasteiger partial charge in [0.15, 0.2) is 0 Å². The number of hydrogen-bond acceptors (Lipinski definition) is 12. The smallest absolute Gasteiger partial charge is 0.278 e. The number of nitriles is 1. The summed E-state index contributed by atoms with van der Waals surface area (Å²) in [4.78, 5) is 73.5. The van der Waals surface area contributed by atoms with E-state index in [1.807, 2.05) is 35.2 Å². The molecule has 67 heavy (non-hydrogen) atoms. The van der Waals surface area contributed by atoms with Gasteiger partial charge < -0.3 is 24.8 Å². The fraction of sp³-hybridized carbons (Fsp3) is 0.520. The Morgan fingerprint density at radius 1 is 0.881 bits per heavy atom. The van der Waals surface area contributed by atoms with Gasteiger partial charge in [0.1, 0.15) is 29.5 Å². The summed E-state index contributed by atoms with van der Waals surface area (Å²) >= 11 is 6.26. The number of rotatable bonds is 12. The van der Waals surface area contributed by atoms with E-state index in [2.05, 4.69) is 69.4 Å². The molecule has 9 rings (SSSR count). The first-order chi connectivity index (χ1) is 32.1. The van der Waals surface area contributed by atoms with E-state index in [1.165, 1.54) is 0 Å². The number of benzene rings is 3. The van der Waals surface area contributed by atoms with Crippen LogP contribution in [0.2, 0.25) is 5.02 Å². The van der Waals surface area contributed by atoms with Crippen molar-refractivity contribution in [3.8, 4) is 11.8 Å². The number of hydrogen-bond donors (Lipinski definition) is 2. The lowest BCUT2D eigenvalue weighted by Crippen LogP contribution is -2.74. The number of piperidine rings is 2. The van der Waals surface area contributed by atoms with Crippen LogP contribution in [-0.2, 0) is 14.4 Å².